The molecule has 0 aliphatic rings. The van der Waals surface area contributed by atoms with Gasteiger partial charge in [0, 0.05) is 0 Å². The average Bonchev–Trinajstić information content (AvgIpc) is 3.16. The summed E-state index contributed by atoms with van der Waals surface area (Å²) in [6.45, 7) is 0.0634. The molecule has 0 unspecified atom stereocenters. The van der Waals surface area contributed by atoms with Gasteiger partial charge in [-0.2, -0.15) is 0 Å². The second-order valence-corrected chi connectivity index (χ2v) is 15.3. The Labute approximate surface area is 298 Å². The number of hydrogen-bond acceptors (Lipinski definition) is 0. The Hall–Kier alpha value is -3.50. The van der Waals surface area contributed by atoms with E-state index in [1.807, 2.05) is 0 Å². The molecule has 7 aromatic carbocycles. The monoisotopic (exact) mass is 842 g/mol. The van der Waals surface area contributed by atoms with Gasteiger partial charge in [-0.15, -0.1) is 0 Å². The molecule has 47 heavy (non-hydrogen) atoms. The van der Waals surface area contributed by atoms with Gasteiger partial charge in [0.15, 0.2) is 0 Å². The third-order valence-corrected chi connectivity index (χ3v) is 13.2. The van der Waals surface area contributed by atoms with E-state index in [9.17, 15) is 0 Å². The molecule has 0 fully saturated rings. The molecule has 0 N–H and O–H groups in total. The summed E-state index contributed by atoms with van der Waals surface area (Å²) in [4.78, 5) is 0. The van der Waals surface area contributed by atoms with Crippen LogP contribution in [-0.2, 0) is 20.0 Å². The Balaban J connectivity index is 0.00000190. The van der Waals surface area contributed by atoms with E-state index >= 15 is 0 Å². The van der Waals surface area contributed by atoms with Gasteiger partial charge in [-0.1, -0.05) is 217 Å². The van der Waals surface area contributed by atoms with Crippen LogP contribution in [0, 0.1) is 0 Å². The molecule has 0 aliphatic carbocycles. The van der Waals surface area contributed by atoms with Crippen molar-refractivity contribution in [2.75, 3.05) is 0 Å². The van der Waals surface area contributed by atoms with Gasteiger partial charge in [-0.3, -0.25) is 0 Å². The molecule has 232 valence electrons. The normalized spacial score (nSPS) is 10.7. The fourth-order valence-electron chi connectivity index (χ4n) is 6.21. The number of benzene rings is 7. The molecule has 0 aliphatic heterocycles. The fourth-order valence-corrected chi connectivity index (χ4v) is 11.2. The molecule has 0 bridgehead atoms. The van der Waals surface area contributed by atoms with Crippen LogP contribution in [0.15, 0.2) is 200 Å². The van der Waals surface area contributed by atoms with Crippen LogP contribution in [-0.4, -0.2) is 6.71 Å². The Bertz CT molecular complexity index is 1760. The first-order valence-corrected chi connectivity index (χ1v) is 20.9. The van der Waals surface area contributed by atoms with Crippen LogP contribution in [0.3, 0.4) is 0 Å². The zero-order valence-electron chi connectivity index (χ0n) is 25.7. The van der Waals surface area contributed by atoms with Crippen molar-refractivity contribution in [1.29, 1.82) is 0 Å². The van der Waals surface area contributed by atoms with Gasteiger partial charge in [0.2, 0.25) is 6.71 Å². The summed E-state index contributed by atoms with van der Waals surface area (Å²) in [5.74, 6) is 0. The minimum Gasteiger partial charge on any atom is -0.0686 e. The van der Waals surface area contributed by atoms with E-state index in [-0.39, 0.29) is 6.71 Å². The maximum atomic E-state index is 4.58. The zero-order chi connectivity index (χ0) is 32.3. The average molecular weight is 843 g/mol. The Kier molecular flexibility index (Phi) is 12.1. The first-order chi connectivity index (χ1) is 23.4. The maximum Gasteiger partial charge on any atom is 0.242 e. The molecule has 0 amide bonds. The summed E-state index contributed by atoms with van der Waals surface area (Å²) in [6, 6.07) is 73.7. The van der Waals surface area contributed by atoms with Crippen molar-refractivity contribution < 1.29 is 20.0 Å². The molecular weight excluding hydrogens is 810 g/mol. The van der Waals surface area contributed by atoms with Crippen LogP contribution in [0.2, 0.25) is 0 Å². The molecule has 5 heteroatoms. The molecule has 0 heterocycles. The summed E-state index contributed by atoms with van der Waals surface area (Å²) < 4.78 is 0. The summed E-state index contributed by atoms with van der Waals surface area (Å²) in [5.41, 5.74) is 4.04. The second kappa shape index (κ2) is 17.1. The molecule has 0 radical (unpaired) electrons. The SMILES string of the molecule is [Cl][Au].c1ccc(B(c2ccccc2P(c2ccccc2)c2ccccc2)c2ccccc2P(c2ccccc2)c2ccccc2)cc1. The van der Waals surface area contributed by atoms with Crippen LogP contribution in [0.4, 0.5) is 0 Å². The van der Waals surface area contributed by atoms with E-state index in [1.165, 1.54) is 48.2 Å². The van der Waals surface area contributed by atoms with E-state index in [4.69, 9.17) is 0 Å². The van der Waals surface area contributed by atoms with Gasteiger partial charge < -0.3 is 0 Å². The zero-order valence-corrected chi connectivity index (χ0v) is 30.4. The van der Waals surface area contributed by atoms with Crippen molar-refractivity contribution in [3.8, 4) is 0 Å². The second-order valence-electron chi connectivity index (χ2n) is 11.0. The van der Waals surface area contributed by atoms with Crippen molar-refractivity contribution in [3.63, 3.8) is 0 Å². The van der Waals surface area contributed by atoms with Crippen LogP contribution >= 0.6 is 25.0 Å². The molecule has 0 saturated carbocycles. The molecule has 0 nitrogen and oxygen atoms in total. The van der Waals surface area contributed by atoms with Crippen LogP contribution in [0.5, 0.6) is 0 Å². The molecule has 7 rings (SSSR count). The molecule has 0 atom stereocenters. The van der Waals surface area contributed by atoms with Crippen LogP contribution in [0.25, 0.3) is 0 Å². The molecule has 0 saturated heterocycles. The van der Waals surface area contributed by atoms with E-state index in [0.29, 0.717) is 0 Å². The summed E-state index contributed by atoms with van der Waals surface area (Å²) in [6.07, 6.45) is 0. The molecule has 0 spiro atoms. The van der Waals surface area contributed by atoms with E-state index < -0.39 is 15.8 Å². The topological polar surface area (TPSA) is 0 Å². The molecule has 0 aromatic heterocycles. The first kappa shape index (κ1) is 33.4. The number of rotatable bonds is 9. The Morgan fingerprint density at radius 2 is 0.574 bits per heavy atom. The van der Waals surface area contributed by atoms with Gasteiger partial charge in [-0.25, -0.2) is 0 Å². The van der Waals surface area contributed by atoms with Gasteiger partial charge in [0.25, 0.3) is 0 Å². The maximum absolute atomic E-state index is 4.58. The molecular formula is C42H33AuBClP2. The van der Waals surface area contributed by atoms with E-state index in [0.717, 1.165) is 0 Å². The van der Waals surface area contributed by atoms with Crippen molar-refractivity contribution in [2.24, 2.45) is 0 Å². The quantitative estimate of drug-likeness (QED) is 0.117. The van der Waals surface area contributed by atoms with E-state index in [1.54, 1.807) is 20.0 Å². The van der Waals surface area contributed by atoms with Gasteiger partial charge in [-0.05, 0) is 47.7 Å². The van der Waals surface area contributed by atoms with Crippen molar-refractivity contribution in [3.05, 3.63) is 200 Å². The predicted molar refractivity (Wildman–Crippen MR) is 207 cm³/mol. The van der Waals surface area contributed by atoms with Gasteiger partial charge in [0.05, 0.1) is 0 Å². The van der Waals surface area contributed by atoms with Crippen molar-refractivity contribution >= 4 is 80.0 Å². The largest absolute Gasteiger partial charge is 0.242 e. The Morgan fingerprint density at radius 1 is 0.319 bits per heavy atom. The Morgan fingerprint density at radius 3 is 0.894 bits per heavy atom. The van der Waals surface area contributed by atoms with Crippen molar-refractivity contribution in [2.45, 2.75) is 0 Å². The van der Waals surface area contributed by atoms with E-state index in [2.05, 4.69) is 209 Å². The van der Waals surface area contributed by atoms with Crippen LogP contribution in [0.1, 0.15) is 0 Å². The standard InChI is InChI=1S/C42H33BP2.Au.ClH/c1-6-20-34(21-7-1)43(39-30-16-18-32-41(39)44(35-22-8-2-9-23-35)36-24-10-3-11-25-36)40-31-17-19-33-42(40)45(37-26-12-4-13-27-37)38-28-14-5-15-29-38;;/h1-33H;;1H/q;+1;/p-1. The van der Waals surface area contributed by atoms with Crippen molar-refractivity contribution in [1.82, 2.24) is 0 Å². The smallest absolute Gasteiger partial charge is 0.0686 e. The summed E-state index contributed by atoms with van der Waals surface area (Å²) >= 11 is 1.75. The number of hydrogen-bond donors (Lipinski definition) is 0. The summed E-state index contributed by atoms with van der Waals surface area (Å²) in [5, 5.41) is 8.25. The third-order valence-electron chi connectivity index (χ3n) is 8.17. The van der Waals surface area contributed by atoms with Crippen LogP contribution < -0.4 is 48.2 Å². The predicted octanol–water partition coefficient (Wildman–Crippen LogP) is 6.41. The number of halogens is 1. The van der Waals surface area contributed by atoms with Gasteiger partial charge >= 0.3 is 29.2 Å². The molecule has 7 aromatic rings. The van der Waals surface area contributed by atoms with Gasteiger partial charge in [0.1, 0.15) is 0 Å². The fraction of sp³-hybridized carbons (Fsp3) is 0. The third kappa shape index (κ3) is 7.80. The first-order valence-electron chi connectivity index (χ1n) is 15.5. The summed E-state index contributed by atoms with van der Waals surface area (Å²) in [7, 11) is 3.01. The minimum atomic E-state index is -0.787. The minimum absolute atomic E-state index is 0.0634.